The van der Waals surface area contributed by atoms with Crippen LogP contribution in [0.4, 0.5) is 23.2 Å². The van der Waals surface area contributed by atoms with Gasteiger partial charge >= 0.3 is 0 Å². The quantitative estimate of drug-likeness (QED) is 0.600. The summed E-state index contributed by atoms with van der Waals surface area (Å²) in [7, 11) is 0. The van der Waals surface area contributed by atoms with Gasteiger partial charge in [-0.3, -0.25) is 0 Å². The van der Waals surface area contributed by atoms with Crippen molar-refractivity contribution in [1.82, 2.24) is 0 Å². The van der Waals surface area contributed by atoms with Crippen molar-refractivity contribution < 1.29 is 17.6 Å². The summed E-state index contributed by atoms with van der Waals surface area (Å²) in [6.45, 7) is 0. The summed E-state index contributed by atoms with van der Waals surface area (Å²) in [4.78, 5) is 0. The molecule has 88 valence electrons. The molecule has 0 aliphatic heterocycles. The highest BCUT2D eigenvalue weighted by Crippen LogP contribution is 2.31. The number of benzene rings is 2. The average molecular weight is 241 g/mol. The van der Waals surface area contributed by atoms with Gasteiger partial charge < -0.3 is 5.73 Å². The Morgan fingerprint density at radius 2 is 1.47 bits per heavy atom. The van der Waals surface area contributed by atoms with Gasteiger partial charge in [-0.15, -0.1) is 0 Å². The first-order valence-electron chi connectivity index (χ1n) is 4.70. The first-order chi connectivity index (χ1) is 8.02. The maximum Gasteiger partial charge on any atom is 0.166 e. The Kier molecular flexibility index (Phi) is 2.75. The summed E-state index contributed by atoms with van der Waals surface area (Å²) in [5.41, 5.74) is 3.77. The van der Waals surface area contributed by atoms with E-state index in [0.717, 1.165) is 30.3 Å². The van der Waals surface area contributed by atoms with Crippen LogP contribution in [0, 0.1) is 23.3 Å². The van der Waals surface area contributed by atoms with Crippen LogP contribution >= 0.6 is 0 Å². The van der Waals surface area contributed by atoms with Gasteiger partial charge in [-0.1, -0.05) is 12.1 Å². The van der Waals surface area contributed by atoms with Crippen molar-refractivity contribution in [2.75, 3.05) is 5.73 Å². The highest BCUT2D eigenvalue weighted by atomic mass is 19.2. The lowest BCUT2D eigenvalue weighted by atomic mass is 10.0. The molecule has 17 heavy (non-hydrogen) atoms. The van der Waals surface area contributed by atoms with E-state index in [2.05, 4.69) is 0 Å². The number of nitrogen functional groups attached to an aromatic ring is 1. The van der Waals surface area contributed by atoms with Crippen LogP contribution in [0.25, 0.3) is 11.1 Å². The van der Waals surface area contributed by atoms with Crippen molar-refractivity contribution in [2.24, 2.45) is 0 Å². The van der Waals surface area contributed by atoms with Gasteiger partial charge in [0.2, 0.25) is 0 Å². The van der Waals surface area contributed by atoms with Gasteiger partial charge in [0.1, 0.15) is 5.82 Å². The van der Waals surface area contributed by atoms with E-state index < -0.39 is 34.4 Å². The van der Waals surface area contributed by atoms with Crippen molar-refractivity contribution in [3.63, 3.8) is 0 Å². The van der Waals surface area contributed by atoms with Crippen LogP contribution in [0.15, 0.2) is 30.3 Å². The van der Waals surface area contributed by atoms with E-state index in [1.807, 2.05) is 0 Å². The zero-order valence-electron chi connectivity index (χ0n) is 8.48. The van der Waals surface area contributed by atoms with E-state index in [0.29, 0.717) is 0 Å². The van der Waals surface area contributed by atoms with Gasteiger partial charge in [-0.25, -0.2) is 17.6 Å². The van der Waals surface area contributed by atoms with Crippen LogP contribution < -0.4 is 5.73 Å². The predicted octanol–water partition coefficient (Wildman–Crippen LogP) is 3.49. The molecule has 2 rings (SSSR count). The van der Waals surface area contributed by atoms with Crippen LogP contribution in [0.1, 0.15) is 0 Å². The van der Waals surface area contributed by atoms with Crippen LogP contribution in [0.2, 0.25) is 0 Å². The Balaban J connectivity index is 2.77. The number of hydrogen-bond donors (Lipinski definition) is 1. The number of rotatable bonds is 1. The Morgan fingerprint density at radius 3 is 2.18 bits per heavy atom. The maximum absolute atomic E-state index is 13.6. The highest BCUT2D eigenvalue weighted by Gasteiger charge is 2.19. The minimum Gasteiger partial charge on any atom is -0.396 e. The number of hydrogen-bond acceptors (Lipinski definition) is 1. The molecule has 1 nitrogen and oxygen atoms in total. The van der Waals surface area contributed by atoms with Crippen LogP contribution in [0.3, 0.4) is 0 Å². The normalized spacial score (nSPS) is 10.6. The van der Waals surface area contributed by atoms with E-state index >= 15 is 0 Å². The molecule has 2 aromatic carbocycles. The third-order valence-corrected chi connectivity index (χ3v) is 2.34. The average Bonchev–Trinajstić information content (AvgIpc) is 2.30. The Hall–Kier alpha value is -2.04. The molecule has 2 N–H and O–H groups in total. The Labute approximate surface area is 94.5 Å². The molecule has 0 amide bonds. The molecular weight excluding hydrogens is 234 g/mol. The van der Waals surface area contributed by atoms with Crippen molar-refractivity contribution in [2.45, 2.75) is 0 Å². The molecule has 5 heteroatoms. The monoisotopic (exact) mass is 241 g/mol. The molecule has 0 aliphatic carbocycles. The van der Waals surface area contributed by atoms with Gasteiger partial charge in [-0.2, -0.15) is 0 Å². The molecule has 0 heterocycles. The summed E-state index contributed by atoms with van der Waals surface area (Å²) < 4.78 is 53.5. The van der Waals surface area contributed by atoms with Gasteiger partial charge in [-0.05, 0) is 18.2 Å². The number of nitrogens with two attached hydrogens (primary N) is 1. The third-order valence-electron chi connectivity index (χ3n) is 2.34. The molecule has 0 saturated carbocycles. The summed E-state index contributed by atoms with van der Waals surface area (Å²) in [5, 5.41) is 0. The van der Waals surface area contributed by atoms with Gasteiger partial charge in [0.15, 0.2) is 17.5 Å². The second-order valence-corrected chi connectivity index (χ2v) is 3.43. The van der Waals surface area contributed by atoms with Gasteiger partial charge in [0, 0.05) is 5.56 Å². The lowest BCUT2D eigenvalue weighted by Gasteiger charge is -2.08. The number of anilines is 1. The molecular formula is C12H7F4N. The molecule has 0 radical (unpaired) electrons. The zero-order valence-corrected chi connectivity index (χ0v) is 8.48. The molecule has 0 bridgehead atoms. The van der Waals surface area contributed by atoms with E-state index in [1.165, 1.54) is 0 Å². The maximum atomic E-state index is 13.6. The topological polar surface area (TPSA) is 26.0 Å². The van der Waals surface area contributed by atoms with Crippen molar-refractivity contribution in [1.29, 1.82) is 0 Å². The minimum absolute atomic E-state index is 0.329. The molecule has 0 spiro atoms. The molecule has 0 aliphatic rings. The van der Waals surface area contributed by atoms with Gasteiger partial charge in [0.05, 0.1) is 11.3 Å². The largest absolute Gasteiger partial charge is 0.396 e. The SMILES string of the molecule is Nc1ccc(F)c(-c2cccc(F)c2F)c1F. The molecule has 0 unspecified atom stereocenters. The molecule has 0 aromatic heterocycles. The van der Waals surface area contributed by atoms with Crippen LogP contribution in [0.5, 0.6) is 0 Å². The fourth-order valence-electron chi connectivity index (χ4n) is 1.51. The lowest BCUT2D eigenvalue weighted by molar-refractivity contribution is 0.508. The summed E-state index contributed by atoms with van der Waals surface area (Å²) in [6.07, 6.45) is 0. The van der Waals surface area contributed by atoms with Gasteiger partial charge in [0.25, 0.3) is 0 Å². The molecule has 2 aromatic rings. The third kappa shape index (κ3) is 1.84. The smallest absolute Gasteiger partial charge is 0.166 e. The second kappa shape index (κ2) is 4.08. The minimum atomic E-state index is -1.31. The van der Waals surface area contributed by atoms with Crippen molar-refractivity contribution in [3.8, 4) is 11.1 Å². The first kappa shape index (κ1) is 11.4. The first-order valence-corrected chi connectivity index (χ1v) is 4.70. The highest BCUT2D eigenvalue weighted by molar-refractivity contribution is 5.69. The van der Waals surface area contributed by atoms with Crippen molar-refractivity contribution >= 4 is 5.69 Å². The Bertz CT molecular complexity index is 581. The Morgan fingerprint density at radius 1 is 0.765 bits per heavy atom. The standard InChI is InChI=1S/C12H7F4N/c13-7-4-5-9(17)12(16)10(7)6-2-1-3-8(14)11(6)15/h1-5H,17H2. The van der Waals surface area contributed by atoms with Crippen molar-refractivity contribution in [3.05, 3.63) is 53.6 Å². The van der Waals surface area contributed by atoms with E-state index in [9.17, 15) is 17.6 Å². The summed E-state index contributed by atoms with van der Waals surface area (Å²) in [5.74, 6) is -4.59. The second-order valence-electron chi connectivity index (χ2n) is 3.43. The van der Waals surface area contributed by atoms with E-state index in [-0.39, 0.29) is 5.69 Å². The molecule has 0 saturated heterocycles. The van der Waals surface area contributed by atoms with Crippen LogP contribution in [-0.2, 0) is 0 Å². The van der Waals surface area contributed by atoms with E-state index in [1.54, 1.807) is 0 Å². The molecule has 0 atom stereocenters. The lowest BCUT2D eigenvalue weighted by Crippen LogP contribution is -1.99. The number of halogens is 4. The fourth-order valence-corrected chi connectivity index (χ4v) is 1.51. The predicted molar refractivity (Wildman–Crippen MR) is 56.1 cm³/mol. The summed E-state index contributed by atoms with van der Waals surface area (Å²) in [6, 6.07) is 5.03. The molecule has 0 fully saturated rings. The zero-order chi connectivity index (χ0) is 12.6. The van der Waals surface area contributed by atoms with E-state index in [4.69, 9.17) is 5.73 Å². The van der Waals surface area contributed by atoms with Crippen LogP contribution in [-0.4, -0.2) is 0 Å². The fraction of sp³-hybridized carbons (Fsp3) is 0. The summed E-state index contributed by atoms with van der Waals surface area (Å²) >= 11 is 0.